The van der Waals surface area contributed by atoms with Crippen LogP contribution in [0.15, 0.2) is 0 Å². The minimum atomic E-state index is 0.347. The SMILES string of the molecule is C[C@H](CC[C@@H](CO)[C@H](C)CC(C)(C)C)CC(C)(C)C. The second-order valence-electron chi connectivity index (χ2n) is 9.13. The van der Waals surface area contributed by atoms with Crippen LogP contribution in [0.5, 0.6) is 0 Å². The lowest BCUT2D eigenvalue weighted by atomic mass is 9.76. The Labute approximate surface area is 122 Å². The summed E-state index contributed by atoms with van der Waals surface area (Å²) in [5.41, 5.74) is 0.787. The lowest BCUT2D eigenvalue weighted by Gasteiger charge is -2.30. The molecule has 19 heavy (non-hydrogen) atoms. The van der Waals surface area contributed by atoms with Gasteiger partial charge in [-0.25, -0.2) is 0 Å². The van der Waals surface area contributed by atoms with Crippen LogP contribution in [-0.4, -0.2) is 11.7 Å². The molecule has 0 unspecified atom stereocenters. The van der Waals surface area contributed by atoms with Crippen molar-refractivity contribution >= 4 is 0 Å². The molecule has 1 N–H and O–H groups in total. The molecule has 3 atom stereocenters. The van der Waals surface area contributed by atoms with Gasteiger partial charge in [0.05, 0.1) is 0 Å². The van der Waals surface area contributed by atoms with Gasteiger partial charge in [-0.15, -0.1) is 0 Å². The van der Waals surface area contributed by atoms with Gasteiger partial charge in [0.25, 0.3) is 0 Å². The second kappa shape index (κ2) is 7.67. The summed E-state index contributed by atoms with van der Waals surface area (Å²) in [6, 6.07) is 0. The van der Waals surface area contributed by atoms with Gasteiger partial charge >= 0.3 is 0 Å². The van der Waals surface area contributed by atoms with Crippen molar-refractivity contribution in [3.63, 3.8) is 0 Å². The van der Waals surface area contributed by atoms with Gasteiger partial charge in [0.15, 0.2) is 0 Å². The highest BCUT2D eigenvalue weighted by Crippen LogP contribution is 2.33. The first kappa shape index (κ1) is 19.0. The summed E-state index contributed by atoms with van der Waals surface area (Å²) in [5.74, 6) is 1.85. The van der Waals surface area contributed by atoms with Crippen LogP contribution in [0.2, 0.25) is 0 Å². The summed E-state index contributed by atoms with van der Waals surface area (Å²) >= 11 is 0. The topological polar surface area (TPSA) is 20.2 Å². The first-order valence-electron chi connectivity index (χ1n) is 8.05. The first-order chi connectivity index (χ1) is 8.44. The van der Waals surface area contributed by atoms with Crippen molar-refractivity contribution in [2.45, 2.75) is 81.1 Å². The Balaban J connectivity index is 4.19. The molecular weight excluding hydrogens is 232 g/mol. The summed E-state index contributed by atoms with van der Waals surface area (Å²) in [6.07, 6.45) is 4.90. The van der Waals surface area contributed by atoms with Gasteiger partial charge in [0, 0.05) is 6.61 Å². The molecule has 0 spiro atoms. The van der Waals surface area contributed by atoms with E-state index < -0.39 is 0 Å². The lowest BCUT2D eigenvalue weighted by Crippen LogP contribution is -2.22. The largest absolute Gasteiger partial charge is 0.396 e. The Bertz CT molecular complexity index is 231. The maximum Gasteiger partial charge on any atom is 0.0461 e. The molecular formula is C18H38O. The van der Waals surface area contributed by atoms with Gasteiger partial charge in [-0.2, -0.15) is 0 Å². The molecule has 0 amide bonds. The molecule has 0 aliphatic rings. The van der Waals surface area contributed by atoms with Crippen LogP contribution in [-0.2, 0) is 0 Å². The van der Waals surface area contributed by atoms with Gasteiger partial charge in [-0.05, 0) is 47.8 Å². The van der Waals surface area contributed by atoms with E-state index in [1.807, 2.05) is 0 Å². The standard InChI is InChI=1S/C18H38O/c1-14(11-17(3,4)5)9-10-16(13-19)15(2)12-18(6,7)8/h14-16,19H,9-13H2,1-8H3/t14-,15-,16+/m1/s1. The first-order valence-corrected chi connectivity index (χ1v) is 8.05. The van der Waals surface area contributed by atoms with E-state index in [0.29, 0.717) is 29.3 Å². The van der Waals surface area contributed by atoms with E-state index in [9.17, 15) is 5.11 Å². The minimum Gasteiger partial charge on any atom is -0.396 e. The second-order valence-corrected chi connectivity index (χ2v) is 9.13. The molecule has 0 aromatic heterocycles. The minimum absolute atomic E-state index is 0.347. The van der Waals surface area contributed by atoms with E-state index in [0.717, 1.165) is 5.92 Å². The van der Waals surface area contributed by atoms with Gasteiger partial charge < -0.3 is 5.11 Å². The number of rotatable bonds is 7. The van der Waals surface area contributed by atoms with Crippen molar-refractivity contribution in [1.29, 1.82) is 0 Å². The fourth-order valence-corrected chi connectivity index (χ4v) is 3.33. The van der Waals surface area contributed by atoms with Crippen molar-refractivity contribution in [1.82, 2.24) is 0 Å². The molecule has 0 aromatic carbocycles. The molecule has 0 aromatic rings. The van der Waals surface area contributed by atoms with Crippen LogP contribution < -0.4 is 0 Å². The van der Waals surface area contributed by atoms with E-state index in [4.69, 9.17) is 0 Å². The Kier molecular flexibility index (Phi) is 7.65. The maximum atomic E-state index is 9.64. The molecule has 1 heteroatoms. The van der Waals surface area contributed by atoms with Crippen molar-refractivity contribution < 1.29 is 5.11 Å². The smallest absolute Gasteiger partial charge is 0.0461 e. The molecule has 0 saturated heterocycles. The van der Waals surface area contributed by atoms with Gasteiger partial charge in [-0.1, -0.05) is 61.8 Å². The molecule has 0 radical (unpaired) electrons. The molecule has 116 valence electrons. The third kappa shape index (κ3) is 10.4. The summed E-state index contributed by atoms with van der Waals surface area (Å²) in [6.45, 7) is 18.8. The van der Waals surface area contributed by atoms with Crippen LogP contribution in [0, 0.1) is 28.6 Å². The third-order valence-corrected chi connectivity index (χ3v) is 3.96. The quantitative estimate of drug-likeness (QED) is 0.646. The molecule has 1 nitrogen and oxygen atoms in total. The zero-order chi connectivity index (χ0) is 15.3. The van der Waals surface area contributed by atoms with Crippen molar-refractivity contribution in [3.8, 4) is 0 Å². The van der Waals surface area contributed by atoms with Crippen molar-refractivity contribution in [3.05, 3.63) is 0 Å². The molecule has 0 fully saturated rings. The van der Waals surface area contributed by atoms with Crippen molar-refractivity contribution in [2.75, 3.05) is 6.61 Å². The highest BCUT2D eigenvalue weighted by Gasteiger charge is 2.23. The number of aliphatic hydroxyl groups excluding tert-OH is 1. The van der Waals surface area contributed by atoms with Crippen molar-refractivity contribution in [2.24, 2.45) is 28.6 Å². The summed E-state index contributed by atoms with van der Waals surface area (Å²) in [4.78, 5) is 0. The van der Waals surface area contributed by atoms with E-state index in [-0.39, 0.29) is 0 Å². The van der Waals surface area contributed by atoms with E-state index in [2.05, 4.69) is 55.4 Å². The third-order valence-electron chi connectivity index (χ3n) is 3.96. The van der Waals surface area contributed by atoms with E-state index in [1.54, 1.807) is 0 Å². The normalized spacial score (nSPS) is 18.2. The molecule has 0 rings (SSSR count). The average Bonchev–Trinajstić information content (AvgIpc) is 2.12. The van der Waals surface area contributed by atoms with Crippen LogP contribution in [0.25, 0.3) is 0 Å². The molecule has 0 heterocycles. The molecule has 0 aliphatic carbocycles. The molecule has 0 bridgehead atoms. The fraction of sp³-hybridized carbons (Fsp3) is 1.00. The highest BCUT2D eigenvalue weighted by molar-refractivity contribution is 4.74. The van der Waals surface area contributed by atoms with Gasteiger partial charge in [0.2, 0.25) is 0 Å². The Morgan fingerprint density at radius 2 is 1.26 bits per heavy atom. The van der Waals surface area contributed by atoms with E-state index in [1.165, 1.54) is 25.7 Å². The summed E-state index contributed by atoms with van der Waals surface area (Å²) < 4.78 is 0. The van der Waals surface area contributed by atoms with Crippen LogP contribution in [0.3, 0.4) is 0 Å². The molecule has 0 saturated carbocycles. The van der Waals surface area contributed by atoms with Crippen LogP contribution in [0.1, 0.15) is 81.1 Å². The van der Waals surface area contributed by atoms with Crippen LogP contribution in [0.4, 0.5) is 0 Å². The number of hydrogen-bond donors (Lipinski definition) is 1. The predicted molar refractivity (Wildman–Crippen MR) is 86.3 cm³/mol. The Hall–Kier alpha value is -0.0400. The predicted octanol–water partition coefficient (Wildman–Crippen LogP) is 5.52. The fourth-order valence-electron chi connectivity index (χ4n) is 3.33. The lowest BCUT2D eigenvalue weighted by molar-refractivity contribution is 0.135. The summed E-state index contributed by atoms with van der Waals surface area (Å²) in [7, 11) is 0. The highest BCUT2D eigenvalue weighted by atomic mass is 16.3. The molecule has 0 aliphatic heterocycles. The zero-order valence-corrected chi connectivity index (χ0v) is 14.7. The monoisotopic (exact) mass is 270 g/mol. The summed E-state index contributed by atoms with van der Waals surface area (Å²) in [5, 5.41) is 9.64. The number of hydrogen-bond acceptors (Lipinski definition) is 1. The van der Waals surface area contributed by atoms with Gasteiger partial charge in [-0.3, -0.25) is 0 Å². The Morgan fingerprint density at radius 3 is 1.63 bits per heavy atom. The van der Waals surface area contributed by atoms with Gasteiger partial charge in [0.1, 0.15) is 0 Å². The van der Waals surface area contributed by atoms with E-state index >= 15 is 0 Å². The zero-order valence-electron chi connectivity index (χ0n) is 14.7. The average molecular weight is 271 g/mol. The maximum absolute atomic E-state index is 9.64. The number of aliphatic hydroxyl groups is 1. The Morgan fingerprint density at radius 1 is 0.789 bits per heavy atom. The van der Waals surface area contributed by atoms with Crippen LogP contribution >= 0.6 is 0 Å².